The lowest BCUT2D eigenvalue weighted by Crippen LogP contribution is -2.30. The predicted octanol–water partition coefficient (Wildman–Crippen LogP) is 4.64. The molecule has 0 amide bonds. The molecule has 2 heteroatoms. The van der Waals surface area contributed by atoms with Crippen LogP contribution in [0.2, 0.25) is 0 Å². The molecule has 2 nitrogen and oxygen atoms in total. The van der Waals surface area contributed by atoms with Gasteiger partial charge in [0, 0.05) is 6.54 Å². The SMILES string of the molecule is COc1cccc(CNCC2CCC(C(C)(C)C)CC2)c1. The number of ether oxygens (including phenoxy) is 1. The molecular formula is C19H31NO. The Kier molecular flexibility index (Phi) is 5.69. The first-order valence-electron chi connectivity index (χ1n) is 8.32. The van der Waals surface area contributed by atoms with E-state index < -0.39 is 0 Å². The zero-order valence-electron chi connectivity index (χ0n) is 14.1. The Bertz CT molecular complexity index is 427. The largest absolute Gasteiger partial charge is 0.497 e. The quantitative estimate of drug-likeness (QED) is 0.853. The summed E-state index contributed by atoms with van der Waals surface area (Å²) in [5, 5.41) is 3.62. The maximum Gasteiger partial charge on any atom is 0.119 e. The van der Waals surface area contributed by atoms with Crippen molar-refractivity contribution in [2.24, 2.45) is 17.3 Å². The molecule has 0 atom stereocenters. The summed E-state index contributed by atoms with van der Waals surface area (Å²) in [7, 11) is 1.72. The highest BCUT2D eigenvalue weighted by molar-refractivity contribution is 5.28. The molecule has 118 valence electrons. The van der Waals surface area contributed by atoms with Crippen LogP contribution in [-0.4, -0.2) is 13.7 Å². The van der Waals surface area contributed by atoms with E-state index >= 15 is 0 Å². The second kappa shape index (κ2) is 7.31. The van der Waals surface area contributed by atoms with Crippen LogP contribution in [0.25, 0.3) is 0 Å². The van der Waals surface area contributed by atoms with Gasteiger partial charge < -0.3 is 10.1 Å². The standard InChI is InChI=1S/C19H31NO/c1-19(2,3)17-10-8-15(9-11-17)13-20-14-16-6-5-7-18(12-16)21-4/h5-7,12,15,17,20H,8-11,13-14H2,1-4H3. The van der Waals surface area contributed by atoms with Gasteiger partial charge in [-0.2, -0.15) is 0 Å². The molecule has 0 unspecified atom stereocenters. The zero-order valence-corrected chi connectivity index (χ0v) is 14.1. The second-order valence-electron chi connectivity index (χ2n) is 7.57. The van der Waals surface area contributed by atoms with Crippen molar-refractivity contribution < 1.29 is 4.74 Å². The minimum atomic E-state index is 0.485. The Morgan fingerprint density at radius 1 is 1.14 bits per heavy atom. The topological polar surface area (TPSA) is 21.3 Å². The summed E-state index contributed by atoms with van der Waals surface area (Å²) in [5.41, 5.74) is 1.79. The summed E-state index contributed by atoms with van der Waals surface area (Å²) in [6.07, 6.45) is 5.56. The van der Waals surface area contributed by atoms with E-state index in [1.165, 1.54) is 31.2 Å². The van der Waals surface area contributed by atoms with Gasteiger partial charge in [-0.3, -0.25) is 0 Å². The van der Waals surface area contributed by atoms with Crippen LogP contribution in [0, 0.1) is 17.3 Å². The fraction of sp³-hybridized carbons (Fsp3) is 0.684. The zero-order chi connectivity index (χ0) is 15.3. The van der Waals surface area contributed by atoms with Crippen molar-refractivity contribution in [1.29, 1.82) is 0 Å². The molecule has 1 N–H and O–H groups in total. The van der Waals surface area contributed by atoms with E-state index in [1.54, 1.807) is 7.11 Å². The van der Waals surface area contributed by atoms with Gasteiger partial charge >= 0.3 is 0 Å². The van der Waals surface area contributed by atoms with E-state index in [4.69, 9.17) is 4.74 Å². The summed E-state index contributed by atoms with van der Waals surface area (Å²) in [6, 6.07) is 8.33. The highest BCUT2D eigenvalue weighted by Gasteiger charge is 2.29. The van der Waals surface area contributed by atoms with Gasteiger partial charge in [-0.15, -0.1) is 0 Å². The molecule has 1 saturated carbocycles. The van der Waals surface area contributed by atoms with E-state index in [-0.39, 0.29) is 0 Å². The molecule has 1 aliphatic rings. The average Bonchev–Trinajstić information content (AvgIpc) is 2.47. The molecule has 0 heterocycles. The van der Waals surface area contributed by atoms with Crippen molar-refractivity contribution in [3.05, 3.63) is 29.8 Å². The van der Waals surface area contributed by atoms with Crippen molar-refractivity contribution in [2.45, 2.75) is 53.0 Å². The first-order chi connectivity index (χ1) is 9.99. The van der Waals surface area contributed by atoms with Crippen LogP contribution in [0.5, 0.6) is 5.75 Å². The fourth-order valence-corrected chi connectivity index (χ4v) is 3.44. The Labute approximate surface area is 130 Å². The van der Waals surface area contributed by atoms with Crippen molar-refractivity contribution in [2.75, 3.05) is 13.7 Å². The smallest absolute Gasteiger partial charge is 0.119 e. The van der Waals surface area contributed by atoms with Crippen LogP contribution in [0.3, 0.4) is 0 Å². The molecule has 1 aromatic carbocycles. The molecule has 0 bridgehead atoms. The molecule has 0 radical (unpaired) electrons. The summed E-state index contributed by atoms with van der Waals surface area (Å²) < 4.78 is 5.27. The molecule has 0 aromatic heterocycles. The van der Waals surface area contributed by atoms with Gasteiger partial charge in [0.05, 0.1) is 7.11 Å². The minimum absolute atomic E-state index is 0.485. The maximum atomic E-state index is 5.27. The first kappa shape index (κ1) is 16.4. The summed E-state index contributed by atoms with van der Waals surface area (Å²) in [5.74, 6) is 2.71. The van der Waals surface area contributed by atoms with Gasteiger partial charge in [0.1, 0.15) is 5.75 Å². The number of hydrogen-bond acceptors (Lipinski definition) is 2. The van der Waals surface area contributed by atoms with Crippen molar-refractivity contribution in [1.82, 2.24) is 5.32 Å². The van der Waals surface area contributed by atoms with Crippen LogP contribution >= 0.6 is 0 Å². The monoisotopic (exact) mass is 289 g/mol. The summed E-state index contributed by atoms with van der Waals surface area (Å²) in [6.45, 7) is 9.25. The van der Waals surface area contributed by atoms with Crippen LogP contribution < -0.4 is 10.1 Å². The van der Waals surface area contributed by atoms with E-state index in [1.807, 2.05) is 6.07 Å². The lowest BCUT2D eigenvalue weighted by molar-refractivity contribution is 0.149. The van der Waals surface area contributed by atoms with Crippen molar-refractivity contribution in [3.63, 3.8) is 0 Å². The lowest BCUT2D eigenvalue weighted by atomic mass is 9.70. The fourth-order valence-electron chi connectivity index (χ4n) is 3.44. The Balaban J connectivity index is 1.70. The molecule has 2 rings (SSSR count). The van der Waals surface area contributed by atoms with E-state index in [0.29, 0.717) is 5.41 Å². The molecule has 0 aliphatic heterocycles. The van der Waals surface area contributed by atoms with Crippen molar-refractivity contribution in [3.8, 4) is 5.75 Å². The Morgan fingerprint density at radius 2 is 1.86 bits per heavy atom. The highest BCUT2D eigenvalue weighted by Crippen LogP contribution is 2.39. The number of rotatable bonds is 5. The molecule has 1 fully saturated rings. The van der Waals surface area contributed by atoms with Crippen LogP contribution in [-0.2, 0) is 6.54 Å². The van der Waals surface area contributed by atoms with Gasteiger partial charge in [-0.05, 0) is 67.2 Å². The third-order valence-corrected chi connectivity index (χ3v) is 4.97. The first-order valence-corrected chi connectivity index (χ1v) is 8.32. The van der Waals surface area contributed by atoms with Gasteiger partial charge in [0.15, 0.2) is 0 Å². The van der Waals surface area contributed by atoms with E-state index in [9.17, 15) is 0 Å². The predicted molar refractivity (Wildman–Crippen MR) is 89.6 cm³/mol. The summed E-state index contributed by atoms with van der Waals surface area (Å²) >= 11 is 0. The van der Waals surface area contributed by atoms with Crippen LogP contribution in [0.15, 0.2) is 24.3 Å². The van der Waals surface area contributed by atoms with E-state index in [2.05, 4.69) is 44.3 Å². The van der Waals surface area contributed by atoms with Gasteiger partial charge in [0.2, 0.25) is 0 Å². The van der Waals surface area contributed by atoms with Gasteiger partial charge in [-0.25, -0.2) is 0 Å². The summed E-state index contributed by atoms with van der Waals surface area (Å²) in [4.78, 5) is 0. The molecule has 1 aromatic rings. The number of nitrogens with one attached hydrogen (secondary N) is 1. The van der Waals surface area contributed by atoms with Gasteiger partial charge in [-0.1, -0.05) is 32.9 Å². The number of hydrogen-bond donors (Lipinski definition) is 1. The maximum absolute atomic E-state index is 5.27. The van der Waals surface area contributed by atoms with Crippen LogP contribution in [0.4, 0.5) is 0 Å². The Hall–Kier alpha value is -1.02. The van der Waals surface area contributed by atoms with Crippen molar-refractivity contribution >= 4 is 0 Å². The highest BCUT2D eigenvalue weighted by atomic mass is 16.5. The lowest BCUT2D eigenvalue weighted by Gasteiger charge is -2.37. The number of benzene rings is 1. The molecule has 0 spiro atoms. The minimum Gasteiger partial charge on any atom is -0.497 e. The Morgan fingerprint density at radius 3 is 2.48 bits per heavy atom. The second-order valence-corrected chi connectivity index (χ2v) is 7.57. The third kappa shape index (κ3) is 5.03. The van der Waals surface area contributed by atoms with Crippen LogP contribution in [0.1, 0.15) is 52.0 Å². The molecular weight excluding hydrogens is 258 g/mol. The normalized spacial score (nSPS) is 23.0. The molecule has 1 aliphatic carbocycles. The van der Waals surface area contributed by atoms with Gasteiger partial charge in [0.25, 0.3) is 0 Å². The van der Waals surface area contributed by atoms with E-state index in [0.717, 1.165) is 30.7 Å². The average molecular weight is 289 g/mol. The molecule has 21 heavy (non-hydrogen) atoms. The molecule has 0 saturated heterocycles. The number of methoxy groups -OCH3 is 1. The third-order valence-electron chi connectivity index (χ3n) is 4.97.